The van der Waals surface area contributed by atoms with Crippen LogP contribution in [0.3, 0.4) is 0 Å². The highest BCUT2D eigenvalue weighted by Gasteiger charge is 2.26. The molecule has 0 N–H and O–H groups in total. The first-order valence-electron chi connectivity index (χ1n) is 4.22. The number of halogens is 4. The minimum atomic E-state index is -4.31. The smallest absolute Gasteiger partial charge is 0.263 e. The first kappa shape index (κ1) is 12.0. The number of hydrogen-bond donors (Lipinski definition) is 0. The molecule has 15 heavy (non-hydrogen) atoms. The quantitative estimate of drug-likeness (QED) is 0.696. The third kappa shape index (κ3) is 4.34. The molecule has 0 spiro atoms. The fraction of sp³-hybridized carbons (Fsp3) is 0.300. The van der Waals surface area contributed by atoms with Crippen LogP contribution >= 0.6 is 11.6 Å². The van der Waals surface area contributed by atoms with Gasteiger partial charge in [-0.25, -0.2) is 0 Å². The fourth-order valence-electron chi connectivity index (χ4n) is 0.941. The van der Waals surface area contributed by atoms with Gasteiger partial charge in [-0.15, -0.1) is 0 Å². The summed E-state index contributed by atoms with van der Waals surface area (Å²) in [4.78, 5) is 3.25. The van der Waals surface area contributed by atoms with Gasteiger partial charge in [0.05, 0.1) is 0 Å². The second-order valence-electron chi connectivity index (χ2n) is 3.09. The molecule has 0 bridgehead atoms. The molecule has 0 aliphatic carbocycles. The van der Waals surface area contributed by atoms with E-state index < -0.39 is 12.7 Å². The molecular weight excluding hydrogens is 227 g/mol. The molecule has 0 aliphatic rings. The van der Waals surface area contributed by atoms with Crippen LogP contribution < -0.4 is 0 Å². The third-order valence-electron chi connectivity index (χ3n) is 1.69. The molecule has 0 saturated carbocycles. The van der Waals surface area contributed by atoms with Gasteiger partial charge in [0.15, 0.2) is 0 Å². The zero-order chi connectivity index (χ0) is 11.5. The maximum absolute atomic E-state index is 11.8. The highest BCUT2D eigenvalue weighted by Crippen LogP contribution is 2.16. The Hall–Kier alpha value is -1.03. The van der Waals surface area contributed by atoms with Crippen LogP contribution in [-0.2, 0) is 0 Å². The highest BCUT2D eigenvalue weighted by molar-refractivity contribution is 6.69. The Morgan fingerprint density at radius 2 is 1.80 bits per heavy atom. The number of aryl methyl sites for hydroxylation is 1. The van der Waals surface area contributed by atoms with Crippen molar-refractivity contribution in [2.45, 2.75) is 13.1 Å². The molecule has 1 aromatic rings. The van der Waals surface area contributed by atoms with Gasteiger partial charge in [-0.1, -0.05) is 41.4 Å². The van der Waals surface area contributed by atoms with Crippen molar-refractivity contribution < 1.29 is 13.2 Å². The molecule has 0 unspecified atom stereocenters. The van der Waals surface area contributed by atoms with E-state index in [0.29, 0.717) is 5.56 Å². The van der Waals surface area contributed by atoms with E-state index in [1.54, 1.807) is 24.3 Å². The van der Waals surface area contributed by atoms with Crippen molar-refractivity contribution in [3.8, 4) is 0 Å². The van der Waals surface area contributed by atoms with Gasteiger partial charge in [0, 0.05) is 5.56 Å². The lowest BCUT2D eigenvalue weighted by molar-refractivity contribution is -0.118. The van der Waals surface area contributed by atoms with Crippen LogP contribution in [0.25, 0.3) is 0 Å². The topological polar surface area (TPSA) is 12.4 Å². The molecule has 0 saturated heterocycles. The lowest BCUT2D eigenvalue weighted by Crippen LogP contribution is -2.13. The molecule has 0 aromatic heterocycles. The minimum Gasteiger partial charge on any atom is -0.263 e. The molecule has 0 aliphatic heterocycles. The Labute approximate surface area is 90.6 Å². The van der Waals surface area contributed by atoms with Gasteiger partial charge in [0.1, 0.15) is 11.7 Å². The lowest BCUT2D eigenvalue weighted by Gasteiger charge is -2.03. The fourth-order valence-corrected chi connectivity index (χ4v) is 1.13. The first-order chi connectivity index (χ1) is 6.88. The van der Waals surface area contributed by atoms with Crippen LogP contribution in [0.5, 0.6) is 0 Å². The zero-order valence-electron chi connectivity index (χ0n) is 7.98. The van der Waals surface area contributed by atoms with Crippen molar-refractivity contribution in [2.75, 3.05) is 6.54 Å². The van der Waals surface area contributed by atoms with Crippen LogP contribution in [0.15, 0.2) is 29.3 Å². The van der Waals surface area contributed by atoms with Gasteiger partial charge in [0.2, 0.25) is 0 Å². The number of hydrogen-bond acceptors (Lipinski definition) is 1. The zero-order valence-corrected chi connectivity index (χ0v) is 8.73. The second kappa shape index (κ2) is 4.66. The summed E-state index contributed by atoms with van der Waals surface area (Å²) in [7, 11) is 0. The molecule has 0 radical (unpaired) electrons. The Morgan fingerprint density at radius 3 is 2.27 bits per heavy atom. The Balaban J connectivity index is 2.76. The van der Waals surface area contributed by atoms with Crippen LogP contribution in [0.2, 0.25) is 0 Å². The van der Waals surface area contributed by atoms with E-state index >= 15 is 0 Å². The van der Waals surface area contributed by atoms with Crippen LogP contribution in [0, 0.1) is 6.92 Å². The van der Waals surface area contributed by atoms with E-state index in [1.807, 2.05) is 6.92 Å². The third-order valence-corrected chi connectivity index (χ3v) is 2.02. The van der Waals surface area contributed by atoms with Gasteiger partial charge in [0.25, 0.3) is 0 Å². The minimum absolute atomic E-state index is 0.118. The van der Waals surface area contributed by atoms with Crippen molar-refractivity contribution >= 4 is 16.8 Å². The second-order valence-corrected chi connectivity index (χ2v) is 3.45. The van der Waals surface area contributed by atoms with E-state index in [4.69, 9.17) is 11.6 Å². The molecule has 1 rings (SSSR count). The van der Waals surface area contributed by atoms with E-state index in [0.717, 1.165) is 5.56 Å². The van der Waals surface area contributed by atoms with Crippen LogP contribution in [-0.4, -0.2) is 17.9 Å². The van der Waals surface area contributed by atoms with E-state index in [2.05, 4.69) is 4.99 Å². The molecule has 1 aromatic carbocycles. The van der Waals surface area contributed by atoms with Gasteiger partial charge < -0.3 is 0 Å². The predicted octanol–water partition coefficient (Wildman–Crippen LogP) is 3.54. The molecule has 5 heteroatoms. The highest BCUT2D eigenvalue weighted by atomic mass is 35.5. The Morgan fingerprint density at radius 1 is 1.27 bits per heavy atom. The Kier molecular flexibility index (Phi) is 3.74. The summed E-state index contributed by atoms with van der Waals surface area (Å²) >= 11 is 5.61. The summed E-state index contributed by atoms with van der Waals surface area (Å²) < 4.78 is 35.5. The molecule has 0 heterocycles. The van der Waals surface area contributed by atoms with E-state index in [9.17, 15) is 13.2 Å². The monoisotopic (exact) mass is 235 g/mol. The normalized spacial score (nSPS) is 13.0. The summed E-state index contributed by atoms with van der Waals surface area (Å²) in [5.74, 6) is 0. The molecule has 0 atom stereocenters. The maximum atomic E-state index is 11.8. The van der Waals surface area contributed by atoms with Gasteiger partial charge in [-0.05, 0) is 6.92 Å². The van der Waals surface area contributed by atoms with Crippen molar-refractivity contribution in [3.63, 3.8) is 0 Å². The number of nitrogens with zero attached hydrogens (tertiary/aromatic N) is 1. The van der Waals surface area contributed by atoms with Gasteiger partial charge in [-0.2, -0.15) is 13.2 Å². The molecule has 0 fully saturated rings. The maximum Gasteiger partial charge on any atom is 0.408 e. The van der Waals surface area contributed by atoms with Crippen molar-refractivity contribution in [1.29, 1.82) is 0 Å². The number of rotatable bonds is 2. The van der Waals surface area contributed by atoms with E-state index in [1.165, 1.54) is 0 Å². The number of alkyl halides is 3. The molecule has 1 nitrogen and oxygen atoms in total. The average molecular weight is 236 g/mol. The number of benzene rings is 1. The SMILES string of the molecule is Cc1ccc(C(Cl)=NCC(F)(F)F)cc1. The Bertz CT molecular complexity index is 354. The van der Waals surface area contributed by atoms with Gasteiger partial charge in [-0.3, -0.25) is 4.99 Å². The van der Waals surface area contributed by atoms with Crippen LogP contribution in [0.4, 0.5) is 13.2 Å². The average Bonchev–Trinajstić information content (AvgIpc) is 2.14. The summed E-state index contributed by atoms with van der Waals surface area (Å²) in [6, 6.07) is 6.80. The van der Waals surface area contributed by atoms with Crippen molar-refractivity contribution in [1.82, 2.24) is 0 Å². The lowest BCUT2D eigenvalue weighted by atomic mass is 10.2. The summed E-state index contributed by atoms with van der Waals surface area (Å²) in [5.41, 5.74) is 1.51. The van der Waals surface area contributed by atoms with Crippen LogP contribution in [0.1, 0.15) is 11.1 Å². The molecule has 82 valence electrons. The number of aliphatic imine (C=N–C) groups is 1. The van der Waals surface area contributed by atoms with E-state index in [-0.39, 0.29) is 5.17 Å². The first-order valence-corrected chi connectivity index (χ1v) is 4.60. The van der Waals surface area contributed by atoms with Crippen molar-refractivity contribution in [3.05, 3.63) is 35.4 Å². The van der Waals surface area contributed by atoms with Crippen molar-refractivity contribution in [2.24, 2.45) is 4.99 Å². The summed E-state index contributed by atoms with van der Waals surface area (Å²) in [6.45, 7) is 0.629. The summed E-state index contributed by atoms with van der Waals surface area (Å²) in [5, 5.41) is -0.118. The summed E-state index contributed by atoms with van der Waals surface area (Å²) in [6.07, 6.45) is -4.31. The largest absolute Gasteiger partial charge is 0.408 e. The molecule has 0 amide bonds. The van der Waals surface area contributed by atoms with Gasteiger partial charge >= 0.3 is 6.18 Å². The molecular formula is C10H9ClF3N. The standard InChI is InChI=1S/C10H9ClF3N/c1-7-2-4-8(5-3-7)9(11)15-6-10(12,13)14/h2-5H,6H2,1H3. The predicted molar refractivity (Wildman–Crippen MR) is 54.5 cm³/mol.